The molecule has 1 atom stereocenters. The molecular formula is C8H6INO. The first-order chi connectivity index (χ1) is 5.25. The molecule has 0 unspecified atom stereocenters. The Labute approximate surface area is 78.6 Å². The van der Waals surface area contributed by atoms with E-state index in [1.165, 1.54) is 0 Å². The van der Waals surface area contributed by atoms with Gasteiger partial charge in [0.15, 0.2) is 6.10 Å². The lowest BCUT2D eigenvalue weighted by atomic mass is 10.1. The summed E-state index contributed by atoms with van der Waals surface area (Å²) < 4.78 is 0.916. The second-order valence-corrected chi connectivity index (χ2v) is 3.22. The molecule has 0 aromatic heterocycles. The van der Waals surface area contributed by atoms with E-state index in [1.54, 1.807) is 18.2 Å². The van der Waals surface area contributed by atoms with Crippen LogP contribution in [0.15, 0.2) is 24.3 Å². The van der Waals surface area contributed by atoms with Crippen LogP contribution >= 0.6 is 22.6 Å². The minimum absolute atomic E-state index is 0.676. The van der Waals surface area contributed by atoms with Crippen LogP contribution in [0.25, 0.3) is 0 Å². The number of nitriles is 1. The fourth-order valence-corrected chi connectivity index (χ4v) is 1.45. The van der Waals surface area contributed by atoms with Gasteiger partial charge in [-0.2, -0.15) is 5.26 Å². The Bertz CT molecular complexity index is 292. The van der Waals surface area contributed by atoms with Crippen molar-refractivity contribution in [3.63, 3.8) is 0 Å². The molecule has 0 aliphatic heterocycles. The minimum atomic E-state index is -0.997. The van der Waals surface area contributed by atoms with Gasteiger partial charge in [-0.25, -0.2) is 0 Å². The molecule has 0 amide bonds. The molecule has 0 radical (unpaired) electrons. The van der Waals surface area contributed by atoms with Crippen molar-refractivity contribution in [2.24, 2.45) is 0 Å². The monoisotopic (exact) mass is 259 g/mol. The predicted octanol–water partition coefficient (Wildman–Crippen LogP) is 1.85. The summed E-state index contributed by atoms with van der Waals surface area (Å²) in [5, 5.41) is 17.6. The summed E-state index contributed by atoms with van der Waals surface area (Å²) in [4.78, 5) is 0. The molecule has 0 bridgehead atoms. The lowest BCUT2D eigenvalue weighted by molar-refractivity contribution is 0.235. The van der Waals surface area contributed by atoms with Gasteiger partial charge in [0, 0.05) is 9.13 Å². The van der Waals surface area contributed by atoms with Gasteiger partial charge in [-0.05, 0) is 28.7 Å². The third-order valence-electron chi connectivity index (χ3n) is 1.32. The van der Waals surface area contributed by atoms with Crippen LogP contribution in [0.3, 0.4) is 0 Å². The Balaban J connectivity index is 3.05. The highest BCUT2D eigenvalue weighted by molar-refractivity contribution is 14.1. The summed E-state index contributed by atoms with van der Waals surface area (Å²) in [5.74, 6) is 0. The molecule has 0 aliphatic rings. The Morgan fingerprint density at radius 1 is 1.45 bits per heavy atom. The number of aliphatic hydroxyl groups excluding tert-OH is 1. The quantitative estimate of drug-likeness (QED) is 0.617. The summed E-state index contributed by atoms with van der Waals surface area (Å²) >= 11 is 2.09. The Morgan fingerprint density at radius 3 is 2.64 bits per heavy atom. The van der Waals surface area contributed by atoms with E-state index in [0.29, 0.717) is 5.56 Å². The molecule has 0 saturated carbocycles. The molecule has 56 valence electrons. The Hall–Kier alpha value is -0.600. The van der Waals surface area contributed by atoms with Gasteiger partial charge in [0.25, 0.3) is 0 Å². The molecule has 1 aromatic rings. The number of rotatable bonds is 1. The Morgan fingerprint density at radius 2 is 2.09 bits per heavy atom. The van der Waals surface area contributed by atoms with Crippen LogP contribution < -0.4 is 0 Å². The van der Waals surface area contributed by atoms with Crippen LogP contribution in [0, 0.1) is 14.9 Å². The average molecular weight is 259 g/mol. The van der Waals surface area contributed by atoms with E-state index in [2.05, 4.69) is 22.6 Å². The SMILES string of the molecule is N#C[C@H](O)c1ccccc1I. The number of benzene rings is 1. The van der Waals surface area contributed by atoms with Crippen molar-refractivity contribution in [3.8, 4) is 6.07 Å². The normalized spacial score (nSPS) is 12.1. The van der Waals surface area contributed by atoms with E-state index in [9.17, 15) is 0 Å². The van der Waals surface area contributed by atoms with Crippen LogP contribution in [0.1, 0.15) is 11.7 Å². The largest absolute Gasteiger partial charge is 0.374 e. The van der Waals surface area contributed by atoms with E-state index in [4.69, 9.17) is 10.4 Å². The van der Waals surface area contributed by atoms with E-state index in [1.807, 2.05) is 12.1 Å². The molecule has 0 saturated heterocycles. The molecule has 11 heavy (non-hydrogen) atoms. The van der Waals surface area contributed by atoms with E-state index in [0.717, 1.165) is 3.57 Å². The van der Waals surface area contributed by atoms with Crippen LogP contribution in [0.4, 0.5) is 0 Å². The predicted molar refractivity (Wildman–Crippen MR) is 49.7 cm³/mol. The first-order valence-corrected chi connectivity index (χ1v) is 4.15. The zero-order valence-electron chi connectivity index (χ0n) is 5.66. The number of aliphatic hydroxyl groups is 1. The summed E-state index contributed by atoms with van der Waals surface area (Å²) in [6, 6.07) is 9.05. The van der Waals surface area contributed by atoms with Crippen LogP contribution in [0.5, 0.6) is 0 Å². The Kier molecular flexibility index (Phi) is 2.85. The molecule has 0 aliphatic carbocycles. The highest BCUT2D eigenvalue weighted by Gasteiger charge is 2.07. The smallest absolute Gasteiger partial charge is 0.166 e. The van der Waals surface area contributed by atoms with E-state index < -0.39 is 6.10 Å². The summed E-state index contributed by atoms with van der Waals surface area (Å²) in [6.07, 6.45) is -0.997. The van der Waals surface area contributed by atoms with E-state index in [-0.39, 0.29) is 0 Å². The number of hydrogen-bond donors (Lipinski definition) is 1. The van der Waals surface area contributed by atoms with Crippen LogP contribution in [0.2, 0.25) is 0 Å². The van der Waals surface area contributed by atoms with Crippen molar-refractivity contribution < 1.29 is 5.11 Å². The average Bonchev–Trinajstić information content (AvgIpc) is 2.04. The van der Waals surface area contributed by atoms with Gasteiger partial charge in [0.1, 0.15) is 0 Å². The lowest BCUT2D eigenvalue weighted by Gasteiger charge is -2.03. The van der Waals surface area contributed by atoms with Crippen LogP contribution in [-0.2, 0) is 0 Å². The molecular weight excluding hydrogens is 253 g/mol. The van der Waals surface area contributed by atoms with Gasteiger partial charge in [0.2, 0.25) is 0 Å². The minimum Gasteiger partial charge on any atom is -0.374 e. The maximum atomic E-state index is 9.14. The maximum absolute atomic E-state index is 9.14. The van der Waals surface area contributed by atoms with Gasteiger partial charge in [-0.15, -0.1) is 0 Å². The van der Waals surface area contributed by atoms with Crippen molar-refractivity contribution in [3.05, 3.63) is 33.4 Å². The lowest BCUT2D eigenvalue weighted by Crippen LogP contribution is -1.95. The first-order valence-electron chi connectivity index (χ1n) is 3.08. The third kappa shape index (κ3) is 1.91. The zero-order valence-corrected chi connectivity index (χ0v) is 7.82. The van der Waals surface area contributed by atoms with Gasteiger partial charge < -0.3 is 5.11 Å². The van der Waals surface area contributed by atoms with Gasteiger partial charge in [-0.3, -0.25) is 0 Å². The van der Waals surface area contributed by atoms with Crippen molar-refractivity contribution in [2.45, 2.75) is 6.10 Å². The first kappa shape index (κ1) is 8.50. The van der Waals surface area contributed by atoms with Crippen molar-refractivity contribution >= 4 is 22.6 Å². The van der Waals surface area contributed by atoms with Gasteiger partial charge in [0.05, 0.1) is 6.07 Å². The molecule has 1 rings (SSSR count). The molecule has 1 aromatic carbocycles. The second-order valence-electron chi connectivity index (χ2n) is 2.05. The highest BCUT2D eigenvalue weighted by Crippen LogP contribution is 2.18. The summed E-state index contributed by atoms with van der Waals surface area (Å²) in [6.45, 7) is 0. The van der Waals surface area contributed by atoms with Crippen molar-refractivity contribution in [1.82, 2.24) is 0 Å². The summed E-state index contributed by atoms with van der Waals surface area (Å²) in [7, 11) is 0. The second kappa shape index (κ2) is 3.69. The van der Waals surface area contributed by atoms with Crippen molar-refractivity contribution in [2.75, 3.05) is 0 Å². The standard InChI is InChI=1S/C8H6INO/c9-7-4-2-1-3-6(7)8(11)5-10/h1-4,8,11H/t8-/m0/s1. The number of nitrogens with zero attached hydrogens (tertiary/aromatic N) is 1. The molecule has 3 heteroatoms. The summed E-state index contributed by atoms with van der Waals surface area (Å²) in [5.41, 5.74) is 0.676. The van der Waals surface area contributed by atoms with Crippen molar-refractivity contribution in [1.29, 1.82) is 5.26 Å². The molecule has 0 spiro atoms. The third-order valence-corrected chi connectivity index (χ3v) is 2.30. The molecule has 1 N–H and O–H groups in total. The topological polar surface area (TPSA) is 44.0 Å². The number of hydrogen-bond acceptors (Lipinski definition) is 2. The van der Waals surface area contributed by atoms with Gasteiger partial charge >= 0.3 is 0 Å². The maximum Gasteiger partial charge on any atom is 0.166 e. The molecule has 0 heterocycles. The highest BCUT2D eigenvalue weighted by atomic mass is 127. The van der Waals surface area contributed by atoms with E-state index >= 15 is 0 Å². The zero-order chi connectivity index (χ0) is 8.27. The molecule has 0 fully saturated rings. The van der Waals surface area contributed by atoms with Gasteiger partial charge in [-0.1, -0.05) is 18.2 Å². The fraction of sp³-hybridized carbons (Fsp3) is 0.125. The molecule has 2 nitrogen and oxygen atoms in total. The fourth-order valence-electron chi connectivity index (χ4n) is 0.766. The number of halogens is 1. The van der Waals surface area contributed by atoms with Crippen LogP contribution in [-0.4, -0.2) is 5.11 Å².